The molecule has 0 saturated carbocycles. The van der Waals surface area contributed by atoms with Crippen molar-refractivity contribution in [3.8, 4) is 0 Å². The van der Waals surface area contributed by atoms with Crippen molar-refractivity contribution < 1.29 is 4.79 Å². The van der Waals surface area contributed by atoms with E-state index >= 15 is 0 Å². The van der Waals surface area contributed by atoms with Gasteiger partial charge in [0.2, 0.25) is 5.91 Å². The maximum atomic E-state index is 11.7. The van der Waals surface area contributed by atoms with Crippen LogP contribution in [-0.4, -0.2) is 55.0 Å². The van der Waals surface area contributed by atoms with E-state index in [1.165, 1.54) is 4.88 Å². The largest absolute Gasteiger partial charge is 0.356 e. The predicted octanol–water partition coefficient (Wildman–Crippen LogP) is 2.29. The van der Waals surface area contributed by atoms with E-state index in [4.69, 9.17) is 0 Å². The van der Waals surface area contributed by atoms with Crippen LogP contribution in [0.25, 0.3) is 0 Å². The molecule has 0 fully saturated rings. The molecule has 1 heterocycles. The van der Waals surface area contributed by atoms with Gasteiger partial charge in [-0.1, -0.05) is 13.8 Å². The highest BCUT2D eigenvalue weighted by Gasteiger charge is 2.07. The Morgan fingerprint density at radius 1 is 1.42 bits per heavy atom. The summed E-state index contributed by atoms with van der Waals surface area (Å²) in [5.41, 5.74) is 0. The zero-order valence-corrected chi connectivity index (χ0v) is 18.4. The van der Waals surface area contributed by atoms with Crippen molar-refractivity contribution in [2.45, 2.75) is 46.1 Å². The van der Waals surface area contributed by atoms with E-state index in [1.54, 1.807) is 30.3 Å². The minimum atomic E-state index is -0.0113. The van der Waals surface area contributed by atoms with Crippen LogP contribution in [0, 0.1) is 0 Å². The van der Waals surface area contributed by atoms with E-state index in [0.717, 1.165) is 30.8 Å². The van der Waals surface area contributed by atoms with E-state index in [-0.39, 0.29) is 36.4 Å². The SMILES string of the molecule is CCc1cnc(CCNC(=NCC(=O)N(C)C)NC(C)CC)s1.I. The van der Waals surface area contributed by atoms with Gasteiger partial charge in [0.15, 0.2) is 5.96 Å². The van der Waals surface area contributed by atoms with Gasteiger partial charge in [-0.05, 0) is 19.8 Å². The highest BCUT2D eigenvalue weighted by atomic mass is 127. The fourth-order valence-corrected chi connectivity index (χ4v) is 2.55. The molecule has 138 valence electrons. The van der Waals surface area contributed by atoms with Gasteiger partial charge in [0, 0.05) is 44.2 Å². The Bertz CT molecular complexity index is 518. The molecule has 0 aliphatic carbocycles. The van der Waals surface area contributed by atoms with Gasteiger partial charge in [-0.25, -0.2) is 9.98 Å². The Kier molecular flexibility index (Phi) is 12.0. The lowest BCUT2D eigenvalue weighted by Gasteiger charge is -2.17. The van der Waals surface area contributed by atoms with Crippen LogP contribution in [0.4, 0.5) is 0 Å². The molecule has 0 radical (unpaired) electrons. The number of aliphatic imine (C=N–C) groups is 1. The summed E-state index contributed by atoms with van der Waals surface area (Å²) in [5.74, 6) is 0.671. The summed E-state index contributed by atoms with van der Waals surface area (Å²) in [7, 11) is 3.47. The van der Waals surface area contributed by atoms with Gasteiger partial charge >= 0.3 is 0 Å². The van der Waals surface area contributed by atoms with E-state index in [1.807, 2.05) is 6.20 Å². The number of aryl methyl sites for hydroxylation is 1. The second-order valence-electron chi connectivity index (χ2n) is 5.66. The summed E-state index contributed by atoms with van der Waals surface area (Å²) >= 11 is 1.75. The van der Waals surface area contributed by atoms with E-state index in [9.17, 15) is 4.79 Å². The molecule has 1 aromatic rings. The van der Waals surface area contributed by atoms with E-state index in [2.05, 4.69) is 41.4 Å². The number of nitrogens with zero attached hydrogens (tertiary/aromatic N) is 3. The normalized spacial score (nSPS) is 12.3. The molecule has 1 atom stereocenters. The van der Waals surface area contributed by atoms with Gasteiger partial charge in [-0.3, -0.25) is 4.79 Å². The number of amides is 1. The van der Waals surface area contributed by atoms with Crippen LogP contribution in [0.1, 0.15) is 37.1 Å². The summed E-state index contributed by atoms with van der Waals surface area (Å²) in [5, 5.41) is 7.73. The lowest BCUT2D eigenvalue weighted by atomic mass is 10.3. The third-order valence-corrected chi connectivity index (χ3v) is 4.65. The summed E-state index contributed by atoms with van der Waals surface area (Å²) in [4.78, 5) is 23.3. The van der Waals surface area contributed by atoms with Crippen molar-refractivity contribution in [2.24, 2.45) is 4.99 Å². The smallest absolute Gasteiger partial charge is 0.243 e. The number of likely N-dealkylation sites (N-methyl/N-ethyl adjacent to an activating group) is 1. The Labute approximate surface area is 166 Å². The molecule has 0 aromatic carbocycles. The first kappa shape index (κ1) is 23.1. The van der Waals surface area contributed by atoms with E-state index in [0.29, 0.717) is 12.0 Å². The zero-order chi connectivity index (χ0) is 17.2. The van der Waals surface area contributed by atoms with Crippen molar-refractivity contribution in [1.29, 1.82) is 0 Å². The molecule has 0 saturated heterocycles. The first-order valence-electron chi connectivity index (χ1n) is 8.14. The number of hydrogen-bond donors (Lipinski definition) is 2. The lowest BCUT2D eigenvalue weighted by molar-refractivity contribution is -0.127. The molecule has 2 N–H and O–H groups in total. The Hall–Kier alpha value is -0.900. The molecule has 1 rings (SSSR count). The van der Waals surface area contributed by atoms with Crippen LogP contribution in [0.2, 0.25) is 0 Å². The maximum absolute atomic E-state index is 11.7. The van der Waals surface area contributed by atoms with Gasteiger partial charge in [0.1, 0.15) is 6.54 Å². The van der Waals surface area contributed by atoms with Crippen LogP contribution in [0.15, 0.2) is 11.2 Å². The topological polar surface area (TPSA) is 69.6 Å². The second kappa shape index (κ2) is 12.5. The average Bonchev–Trinajstić information content (AvgIpc) is 2.99. The van der Waals surface area contributed by atoms with Crippen molar-refractivity contribution in [1.82, 2.24) is 20.5 Å². The molecular weight excluding hydrogens is 437 g/mol. The highest BCUT2D eigenvalue weighted by Crippen LogP contribution is 2.13. The van der Waals surface area contributed by atoms with Crippen molar-refractivity contribution in [2.75, 3.05) is 27.2 Å². The predicted molar refractivity (Wildman–Crippen MR) is 112 cm³/mol. The van der Waals surface area contributed by atoms with Gasteiger partial charge < -0.3 is 15.5 Å². The molecule has 0 aliphatic heterocycles. The number of halogens is 1. The second-order valence-corrected chi connectivity index (χ2v) is 6.86. The summed E-state index contributed by atoms with van der Waals surface area (Å²) < 4.78 is 0. The average molecular weight is 467 g/mol. The van der Waals surface area contributed by atoms with Gasteiger partial charge in [-0.15, -0.1) is 35.3 Å². The van der Waals surface area contributed by atoms with Crippen molar-refractivity contribution >= 4 is 47.2 Å². The van der Waals surface area contributed by atoms with Crippen LogP contribution in [-0.2, 0) is 17.6 Å². The van der Waals surface area contributed by atoms with E-state index < -0.39 is 0 Å². The molecular formula is C16H30IN5OS. The number of nitrogens with one attached hydrogen (secondary N) is 2. The van der Waals surface area contributed by atoms with Crippen LogP contribution >= 0.6 is 35.3 Å². The first-order valence-corrected chi connectivity index (χ1v) is 8.96. The Morgan fingerprint density at radius 2 is 2.12 bits per heavy atom. The van der Waals surface area contributed by atoms with Gasteiger partial charge in [0.05, 0.1) is 5.01 Å². The summed E-state index contributed by atoms with van der Waals surface area (Å²) in [6, 6.07) is 0.308. The zero-order valence-electron chi connectivity index (χ0n) is 15.3. The minimum absolute atomic E-state index is 0. The molecule has 0 bridgehead atoms. The number of thiazole rings is 1. The summed E-state index contributed by atoms with van der Waals surface area (Å²) in [6.07, 6.45) is 4.82. The summed E-state index contributed by atoms with van der Waals surface area (Å²) in [6.45, 7) is 7.24. The molecule has 1 unspecified atom stereocenters. The Balaban J connectivity index is 0.00000529. The standard InChI is InChI=1S/C16H29N5OS.HI/c1-6-12(3)20-16(19-11-15(22)21(4)5)17-9-8-14-18-10-13(7-2)23-14;/h10,12H,6-9,11H2,1-5H3,(H2,17,19,20);1H. The molecule has 24 heavy (non-hydrogen) atoms. The van der Waals surface area contributed by atoms with Crippen molar-refractivity contribution in [3.05, 3.63) is 16.1 Å². The lowest BCUT2D eigenvalue weighted by Crippen LogP contribution is -2.43. The van der Waals surface area contributed by atoms with Crippen LogP contribution in [0.3, 0.4) is 0 Å². The quantitative estimate of drug-likeness (QED) is 0.350. The van der Waals surface area contributed by atoms with Gasteiger partial charge in [0.25, 0.3) is 0 Å². The van der Waals surface area contributed by atoms with Crippen LogP contribution < -0.4 is 10.6 Å². The first-order chi connectivity index (χ1) is 11.0. The van der Waals surface area contributed by atoms with Gasteiger partial charge in [-0.2, -0.15) is 0 Å². The van der Waals surface area contributed by atoms with Crippen LogP contribution in [0.5, 0.6) is 0 Å². The fourth-order valence-electron chi connectivity index (χ4n) is 1.69. The Morgan fingerprint density at radius 3 is 2.67 bits per heavy atom. The number of carbonyl (C=O) groups excluding carboxylic acids is 1. The third kappa shape index (κ3) is 8.81. The molecule has 6 nitrogen and oxygen atoms in total. The number of rotatable bonds is 8. The number of aromatic nitrogens is 1. The minimum Gasteiger partial charge on any atom is -0.356 e. The fraction of sp³-hybridized carbons (Fsp3) is 0.688. The molecule has 8 heteroatoms. The maximum Gasteiger partial charge on any atom is 0.243 e. The number of hydrogen-bond acceptors (Lipinski definition) is 4. The number of guanidine groups is 1. The number of carbonyl (C=O) groups is 1. The van der Waals surface area contributed by atoms with Crippen molar-refractivity contribution in [3.63, 3.8) is 0 Å². The highest BCUT2D eigenvalue weighted by molar-refractivity contribution is 14.0. The monoisotopic (exact) mass is 467 g/mol. The molecule has 1 amide bonds. The molecule has 0 aliphatic rings. The third-order valence-electron chi connectivity index (χ3n) is 3.45. The molecule has 0 spiro atoms. The molecule has 1 aromatic heterocycles.